The predicted octanol–water partition coefficient (Wildman–Crippen LogP) is 1.35. The maximum atomic E-state index is 11.6. The molecular weight excluding hydrogens is 298 g/mol. The highest BCUT2D eigenvalue weighted by Gasteiger charge is 2.09. The summed E-state index contributed by atoms with van der Waals surface area (Å²) < 4.78 is 0.800. The van der Waals surface area contributed by atoms with Gasteiger partial charge in [0.2, 0.25) is 5.91 Å². The van der Waals surface area contributed by atoms with Gasteiger partial charge in [0, 0.05) is 17.2 Å². The van der Waals surface area contributed by atoms with Gasteiger partial charge in [0.15, 0.2) is 0 Å². The Labute approximate surface area is 114 Å². The van der Waals surface area contributed by atoms with Gasteiger partial charge in [-0.2, -0.15) is 0 Å². The van der Waals surface area contributed by atoms with Crippen LogP contribution in [0, 0.1) is 5.92 Å². The van der Waals surface area contributed by atoms with Crippen LogP contribution in [0.4, 0.5) is 0 Å². The van der Waals surface area contributed by atoms with Gasteiger partial charge in [0.1, 0.15) is 5.69 Å². The monoisotopic (exact) mass is 313 g/mol. The third-order valence-corrected chi connectivity index (χ3v) is 2.55. The molecule has 0 radical (unpaired) electrons. The van der Waals surface area contributed by atoms with Crippen LogP contribution in [0.3, 0.4) is 0 Å². The molecule has 1 rings (SSSR count). The first-order valence-corrected chi connectivity index (χ1v) is 6.45. The first kappa shape index (κ1) is 14.6. The normalized spacial score (nSPS) is 10.2. The lowest BCUT2D eigenvalue weighted by Crippen LogP contribution is -2.38. The fourth-order valence-corrected chi connectivity index (χ4v) is 1.38. The van der Waals surface area contributed by atoms with Crippen LogP contribution in [0.25, 0.3) is 0 Å². The molecule has 1 aromatic heterocycles. The number of nitrogens with one attached hydrogen (secondary N) is 2. The van der Waals surface area contributed by atoms with Gasteiger partial charge in [-0.05, 0) is 34.0 Å². The second kappa shape index (κ2) is 7.10. The summed E-state index contributed by atoms with van der Waals surface area (Å²) in [7, 11) is 0. The molecule has 0 bridgehead atoms. The van der Waals surface area contributed by atoms with E-state index < -0.39 is 0 Å². The smallest absolute Gasteiger partial charge is 0.270 e. The lowest BCUT2D eigenvalue weighted by Gasteiger charge is -2.08. The van der Waals surface area contributed by atoms with Crippen LogP contribution in [0.15, 0.2) is 22.8 Å². The average Bonchev–Trinajstić information content (AvgIpc) is 2.34. The van der Waals surface area contributed by atoms with E-state index in [-0.39, 0.29) is 24.1 Å². The summed E-state index contributed by atoms with van der Waals surface area (Å²) in [5, 5.41) is 5.23. The highest BCUT2D eigenvalue weighted by molar-refractivity contribution is 9.10. The van der Waals surface area contributed by atoms with E-state index >= 15 is 0 Å². The Balaban J connectivity index is 2.37. The Morgan fingerprint density at radius 2 is 2.06 bits per heavy atom. The summed E-state index contributed by atoms with van der Waals surface area (Å²) in [5.74, 6) is -0.172. The number of hydrogen-bond donors (Lipinski definition) is 2. The van der Waals surface area contributed by atoms with Crippen LogP contribution < -0.4 is 10.6 Å². The van der Waals surface area contributed by atoms with Crippen molar-refractivity contribution in [3.63, 3.8) is 0 Å². The van der Waals surface area contributed by atoms with Crippen LogP contribution in [0.1, 0.15) is 24.3 Å². The summed E-state index contributed by atoms with van der Waals surface area (Å²) >= 11 is 3.23. The molecule has 5 nitrogen and oxygen atoms in total. The van der Waals surface area contributed by atoms with Crippen LogP contribution in [0.2, 0.25) is 0 Å². The van der Waals surface area contributed by atoms with Gasteiger partial charge in [-0.25, -0.2) is 4.98 Å². The van der Waals surface area contributed by atoms with Gasteiger partial charge in [0.05, 0.1) is 6.54 Å². The Hall–Kier alpha value is -1.43. The SMILES string of the molecule is CC(C)CNC(=O)CNC(=O)c1ccc(Br)cn1. The van der Waals surface area contributed by atoms with Crippen molar-refractivity contribution in [2.75, 3.05) is 13.1 Å². The maximum absolute atomic E-state index is 11.6. The van der Waals surface area contributed by atoms with Crippen LogP contribution in [-0.2, 0) is 4.79 Å². The maximum Gasteiger partial charge on any atom is 0.270 e. The summed E-state index contributed by atoms with van der Waals surface area (Å²) in [4.78, 5) is 27.0. The van der Waals surface area contributed by atoms with Crippen molar-refractivity contribution in [1.82, 2.24) is 15.6 Å². The molecule has 6 heteroatoms. The molecule has 0 aromatic carbocycles. The molecule has 0 spiro atoms. The van der Waals surface area contributed by atoms with Crippen molar-refractivity contribution in [3.8, 4) is 0 Å². The van der Waals surface area contributed by atoms with Crippen molar-refractivity contribution >= 4 is 27.7 Å². The highest BCUT2D eigenvalue weighted by Crippen LogP contribution is 2.06. The molecule has 1 heterocycles. The number of amides is 2. The molecule has 0 saturated heterocycles. The van der Waals surface area contributed by atoms with Crippen molar-refractivity contribution in [3.05, 3.63) is 28.5 Å². The minimum atomic E-state index is -0.359. The molecular formula is C12H16BrN3O2. The quantitative estimate of drug-likeness (QED) is 0.862. The summed E-state index contributed by atoms with van der Waals surface area (Å²) in [5.41, 5.74) is 0.287. The standard InChI is InChI=1S/C12H16BrN3O2/c1-8(2)5-15-11(17)7-16-12(18)10-4-3-9(13)6-14-10/h3-4,6,8H,5,7H2,1-2H3,(H,15,17)(H,16,18). The summed E-state index contributed by atoms with van der Waals surface area (Å²) in [6.07, 6.45) is 1.54. The van der Waals surface area contributed by atoms with Gasteiger partial charge in [-0.3, -0.25) is 9.59 Å². The van der Waals surface area contributed by atoms with Crippen LogP contribution in [0.5, 0.6) is 0 Å². The van der Waals surface area contributed by atoms with Crippen molar-refractivity contribution < 1.29 is 9.59 Å². The third-order valence-electron chi connectivity index (χ3n) is 2.08. The average molecular weight is 314 g/mol. The fourth-order valence-electron chi connectivity index (χ4n) is 1.14. The predicted molar refractivity (Wildman–Crippen MR) is 72.1 cm³/mol. The molecule has 2 N–H and O–H groups in total. The largest absolute Gasteiger partial charge is 0.354 e. The Kier molecular flexibility index (Phi) is 5.77. The van der Waals surface area contributed by atoms with E-state index in [4.69, 9.17) is 0 Å². The minimum Gasteiger partial charge on any atom is -0.354 e. The molecule has 0 fully saturated rings. The number of carbonyl (C=O) groups is 2. The van der Waals surface area contributed by atoms with Crippen LogP contribution in [-0.4, -0.2) is 29.9 Å². The molecule has 1 aromatic rings. The van der Waals surface area contributed by atoms with E-state index in [0.717, 1.165) is 4.47 Å². The molecule has 0 aliphatic rings. The number of aromatic nitrogens is 1. The van der Waals surface area contributed by atoms with E-state index in [1.165, 1.54) is 6.20 Å². The summed E-state index contributed by atoms with van der Waals surface area (Å²) in [6.45, 7) is 4.57. The lowest BCUT2D eigenvalue weighted by atomic mass is 10.2. The van der Waals surface area contributed by atoms with Crippen molar-refractivity contribution in [2.45, 2.75) is 13.8 Å². The van der Waals surface area contributed by atoms with E-state index in [1.54, 1.807) is 12.1 Å². The first-order valence-electron chi connectivity index (χ1n) is 5.65. The molecule has 0 saturated carbocycles. The van der Waals surface area contributed by atoms with Gasteiger partial charge in [-0.1, -0.05) is 13.8 Å². The fraction of sp³-hybridized carbons (Fsp3) is 0.417. The minimum absolute atomic E-state index is 0.0384. The molecule has 98 valence electrons. The third kappa shape index (κ3) is 5.27. The zero-order valence-corrected chi connectivity index (χ0v) is 12.0. The van der Waals surface area contributed by atoms with Gasteiger partial charge in [0.25, 0.3) is 5.91 Å². The van der Waals surface area contributed by atoms with E-state index in [1.807, 2.05) is 13.8 Å². The van der Waals surface area contributed by atoms with Gasteiger partial charge < -0.3 is 10.6 Å². The molecule has 2 amide bonds. The Bertz CT molecular complexity index is 418. The number of pyridine rings is 1. The Morgan fingerprint density at radius 1 is 1.33 bits per heavy atom. The number of rotatable bonds is 5. The number of hydrogen-bond acceptors (Lipinski definition) is 3. The van der Waals surface area contributed by atoms with Crippen molar-refractivity contribution in [1.29, 1.82) is 0 Å². The molecule has 0 aliphatic heterocycles. The first-order chi connectivity index (χ1) is 8.49. The molecule has 0 atom stereocenters. The van der Waals surface area contributed by atoms with Crippen LogP contribution >= 0.6 is 15.9 Å². The van der Waals surface area contributed by atoms with E-state index in [9.17, 15) is 9.59 Å². The molecule has 0 aliphatic carbocycles. The number of nitrogens with zero attached hydrogens (tertiary/aromatic N) is 1. The van der Waals surface area contributed by atoms with E-state index in [0.29, 0.717) is 12.5 Å². The second-order valence-corrected chi connectivity index (χ2v) is 5.16. The topological polar surface area (TPSA) is 71.1 Å². The number of carbonyl (C=O) groups excluding carboxylic acids is 2. The molecule has 0 unspecified atom stereocenters. The van der Waals surface area contributed by atoms with Crippen molar-refractivity contribution in [2.24, 2.45) is 5.92 Å². The second-order valence-electron chi connectivity index (χ2n) is 4.24. The van der Waals surface area contributed by atoms with E-state index in [2.05, 4.69) is 31.5 Å². The molecule has 18 heavy (non-hydrogen) atoms. The zero-order chi connectivity index (χ0) is 13.5. The zero-order valence-electron chi connectivity index (χ0n) is 10.4. The lowest BCUT2D eigenvalue weighted by molar-refractivity contribution is -0.120. The van der Waals surface area contributed by atoms with Gasteiger partial charge >= 0.3 is 0 Å². The Morgan fingerprint density at radius 3 is 2.61 bits per heavy atom. The number of halogens is 1. The highest BCUT2D eigenvalue weighted by atomic mass is 79.9. The summed E-state index contributed by atoms with van der Waals surface area (Å²) in [6, 6.07) is 3.31. The van der Waals surface area contributed by atoms with Gasteiger partial charge in [-0.15, -0.1) is 0 Å².